The van der Waals surface area contributed by atoms with Crippen LogP contribution in [0.3, 0.4) is 0 Å². The van der Waals surface area contributed by atoms with Crippen molar-refractivity contribution in [3.05, 3.63) is 29.3 Å². The van der Waals surface area contributed by atoms with Crippen molar-refractivity contribution in [1.29, 1.82) is 0 Å². The summed E-state index contributed by atoms with van der Waals surface area (Å²) in [6.07, 6.45) is 0.746. The van der Waals surface area contributed by atoms with E-state index in [1.165, 1.54) is 0 Å². The maximum Gasteiger partial charge on any atom is 0.248 e. The van der Waals surface area contributed by atoms with Crippen LogP contribution in [-0.2, 0) is 11.3 Å². The van der Waals surface area contributed by atoms with Gasteiger partial charge in [-0.15, -0.1) is 0 Å². The molecule has 1 aromatic carbocycles. The van der Waals surface area contributed by atoms with Crippen LogP contribution in [-0.4, -0.2) is 12.5 Å². The average molecular weight is 179 g/mol. The number of fused-ring (bicyclic) bond motifs is 1. The van der Waals surface area contributed by atoms with Crippen LogP contribution in [0.2, 0.25) is 0 Å². The maximum atomic E-state index is 10.8. The van der Waals surface area contributed by atoms with Crippen LogP contribution in [0.4, 0.5) is 0 Å². The lowest BCUT2D eigenvalue weighted by Gasteiger charge is -2.15. The van der Waals surface area contributed by atoms with Crippen LogP contribution in [0.25, 0.3) is 0 Å². The number of hydrogen-bond acceptors (Lipinski definition) is 3. The number of carbonyl (C=O) groups is 1. The first-order valence-corrected chi connectivity index (χ1v) is 3.99. The van der Waals surface area contributed by atoms with Crippen molar-refractivity contribution in [3.63, 3.8) is 0 Å². The molecule has 1 aliphatic heterocycles. The Balaban J connectivity index is 2.40. The molecule has 0 spiro atoms. The largest absolute Gasteiger partial charge is 0.366 e. The Morgan fingerprint density at radius 3 is 3.08 bits per heavy atom. The van der Waals surface area contributed by atoms with Crippen molar-refractivity contribution in [2.75, 3.05) is 6.61 Å². The van der Waals surface area contributed by atoms with Crippen molar-refractivity contribution < 1.29 is 14.6 Å². The van der Waals surface area contributed by atoms with Gasteiger partial charge in [-0.25, -0.2) is 0 Å². The van der Waals surface area contributed by atoms with E-state index in [-0.39, 0.29) is 0 Å². The molecule has 0 atom stereocenters. The zero-order valence-electron chi connectivity index (χ0n) is 6.95. The number of carbonyl (C=O) groups excluding carboxylic acids is 1. The zero-order valence-corrected chi connectivity index (χ0v) is 6.95. The van der Waals surface area contributed by atoms with Crippen LogP contribution in [0, 0.1) is 0 Å². The summed E-state index contributed by atoms with van der Waals surface area (Å²) in [6, 6.07) is 5.05. The lowest BCUT2D eigenvalue weighted by atomic mass is 10.1. The number of hydrogen-bond donors (Lipinski definition) is 1. The molecular formula is C9H9NO3. The van der Waals surface area contributed by atoms with Gasteiger partial charge in [0.2, 0.25) is 5.91 Å². The van der Waals surface area contributed by atoms with Crippen LogP contribution >= 0.6 is 0 Å². The number of nitrogens with two attached hydrogens (primary N) is 1. The van der Waals surface area contributed by atoms with Gasteiger partial charge in [-0.2, -0.15) is 4.89 Å². The molecule has 2 rings (SSSR count). The number of primary amides is 1. The second kappa shape index (κ2) is 3.06. The Morgan fingerprint density at radius 2 is 2.31 bits per heavy atom. The van der Waals surface area contributed by atoms with Crippen molar-refractivity contribution >= 4 is 5.91 Å². The molecule has 0 saturated heterocycles. The molecule has 2 N–H and O–H groups in total. The van der Waals surface area contributed by atoms with Gasteiger partial charge in [-0.3, -0.25) is 4.79 Å². The fourth-order valence-corrected chi connectivity index (χ4v) is 1.27. The molecule has 0 radical (unpaired) electrons. The first-order chi connectivity index (χ1) is 6.27. The van der Waals surface area contributed by atoms with E-state index in [4.69, 9.17) is 15.5 Å². The molecule has 0 saturated carbocycles. The predicted octanol–water partition coefficient (Wildman–Crippen LogP) is 0.652. The van der Waals surface area contributed by atoms with E-state index >= 15 is 0 Å². The molecule has 68 valence electrons. The van der Waals surface area contributed by atoms with Gasteiger partial charge in [-0.05, 0) is 18.2 Å². The fraction of sp³-hybridized carbons (Fsp3) is 0.222. The van der Waals surface area contributed by atoms with E-state index in [9.17, 15) is 4.79 Å². The van der Waals surface area contributed by atoms with Crippen molar-refractivity contribution in [1.82, 2.24) is 0 Å². The summed E-state index contributed by atoms with van der Waals surface area (Å²) < 4.78 is 0. The van der Waals surface area contributed by atoms with Gasteiger partial charge in [0.15, 0.2) is 5.75 Å². The number of rotatable bonds is 1. The summed E-state index contributed by atoms with van der Waals surface area (Å²) in [7, 11) is 0. The highest BCUT2D eigenvalue weighted by molar-refractivity contribution is 5.93. The van der Waals surface area contributed by atoms with E-state index in [1.807, 2.05) is 0 Å². The molecule has 0 aromatic heterocycles. The summed E-state index contributed by atoms with van der Waals surface area (Å²) in [5.74, 6) is 0.241. The standard InChI is InChI=1S/C9H9NO3/c10-9(11)7-1-2-8-6(5-7)3-4-12-13-8/h1-2,5H,3-4H2,(H2,10,11). The summed E-state index contributed by atoms with van der Waals surface area (Å²) in [6.45, 7) is 0.509. The molecule has 4 heteroatoms. The van der Waals surface area contributed by atoms with Gasteiger partial charge in [0.1, 0.15) is 0 Å². The fourth-order valence-electron chi connectivity index (χ4n) is 1.27. The lowest BCUT2D eigenvalue weighted by molar-refractivity contribution is -0.215. The molecule has 0 bridgehead atoms. The van der Waals surface area contributed by atoms with Gasteiger partial charge in [0, 0.05) is 17.5 Å². The molecular weight excluding hydrogens is 170 g/mol. The van der Waals surface area contributed by atoms with Gasteiger partial charge >= 0.3 is 0 Å². The number of benzene rings is 1. The van der Waals surface area contributed by atoms with Crippen LogP contribution < -0.4 is 10.6 Å². The van der Waals surface area contributed by atoms with Gasteiger partial charge in [0.05, 0.1) is 6.61 Å². The Bertz CT molecular complexity index is 349. The van der Waals surface area contributed by atoms with Gasteiger partial charge < -0.3 is 10.6 Å². The Hall–Kier alpha value is -1.55. The third-order valence-electron chi connectivity index (χ3n) is 1.95. The predicted molar refractivity (Wildman–Crippen MR) is 45.2 cm³/mol. The first-order valence-electron chi connectivity index (χ1n) is 3.99. The highest BCUT2D eigenvalue weighted by atomic mass is 17.2. The van der Waals surface area contributed by atoms with Gasteiger partial charge in [0.25, 0.3) is 0 Å². The number of amides is 1. The molecule has 0 fully saturated rings. The third-order valence-corrected chi connectivity index (χ3v) is 1.95. The van der Waals surface area contributed by atoms with Crippen molar-refractivity contribution in [2.24, 2.45) is 5.73 Å². The SMILES string of the molecule is NC(=O)c1ccc2c(c1)CCOO2. The Kier molecular flexibility index (Phi) is 1.90. The maximum absolute atomic E-state index is 10.8. The highest BCUT2D eigenvalue weighted by Crippen LogP contribution is 2.24. The molecule has 1 heterocycles. The summed E-state index contributed by atoms with van der Waals surface area (Å²) in [5.41, 5.74) is 6.60. The van der Waals surface area contributed by atoms with Crippen LogP contribution in [0.5, 0.6) is 5.75 Å². The third kappa shape index (κ3) is 1.48. The van der Waals surface area contributed by atoms with E-state index in [1.54, 1.807) is 18.2 Å². The van der Waals surface area contributed by atoms with E-state index in [0.717, 1.165) is 12.0 Å². The molecule has 4 nitrogen and oxygen atoms in total. The summed E-state index contributed by atoms with van der Waals surface area (Å²) >= 11 is 0. The zero-order chi connectivity index (χ0) is 9.26. The van der Waals surface area contributed by atoms with Crippen molar-refractivity contribution in [3.8, 4) is 5.75 Å². The molecule has 1 amide bonds. The second-order valence-electron chi connectivity index (χ2n) is 2.84. The lowest BCUT2D eigenvalue weighted by Crippen LogP contribution is -2.15. The molecule has 0 unspecified atom stereocenters. The minimum absolute atomic E-state index is 0.422. The molecule has 1 aliphatic rings. The molecule has 13 heavy (non-hydrogen) atoms. The smallest absolute Gasteiger partial charge is 0.248 e. The average Bonchev–Trinajstić information content (AvgIpc) is 2.17. The molecule has 1 aromatic rings. The normalized spacial score (nSPS) is 14.5. The Labute approximate surface area is 75.2 Å². The van der Waals surface area contributed by atoms with Crippen molar-refractivity contribution in [2.45, 2.75) is 6.42 Å². The van der Waals surface area contributed by atoms with Gasteiger partial charge in [-0.1, -0.05) is 0 Å². The highest BCUT2D eigenvalue weighted by Gasteiger charge is 2.13. The minimum atomic E-state index is -0.422. The molecule has 0 aliphatic carbocycles. The van der Waals surface area contributed by atoms with E-state index in [0.29, 0.717) is 17.9 Å². The monoisotopic (exact) mass is 179 g/mol. The van der Waals surface area contributed by atoms with Crippen LogP contribution in [0.15, 0.2) is 18.2 Å². The quantitative estimate of drug-likeness (QED) is 0.644. The summed E-state index contributed by atoms with van der Waals surface area (Å²) in [4.78, 5) is 20.5. The topological polar surface area (TPSA) is 61.6 Å². The van der Waals surface area contributed by atoms with E-state index < -0.39 is 5.91 Å². The van der Waals surface area contributed by atoms with Crippen LogP contribution in [0.1, 0.15) is 15.9 Å². The first kappa shape index (κ1) is 8.07. The second-order valence-corrected chi connectivity index (χ2v) is 2.84. The summed E-state index contributed by atoms with van der Waals surface area (Å²) in [5, 5.41) is 0. The van der Waals surface area contributed by atoms with E-state index in [2.05, 4.69) is 0 Å². The minimum Gasteiger partial charge on any atom is -0.366 e. The Morgan fingerprint density at radius 1 is 1.46 bits per heavy atom.